The first-order valence-corrected chi connectivity index (χ1v) is 9.21. The molecule has 0 saturated carbocycles. The van der Waals surface area contributed by atoms with Crippen molar-refractivity contribution in [3.8, 4) is 22.8 Å². The summed E-state index contributed by atoms with van der Waals surface area (Å²) in [6, 6.07) is 16.2. The lowest BCUT2D eigenvalue weighted by Gasteiger charge is -2.08. The number of imidazole rings is 1. The molecule has 0 unspecified atom stereocenters. The minimum atomic E-state index is 0.474. The molecule has 0 aliphatic carbocycles. The van der Waals surface area contributed by atoms with Gasteiger partial charge in [0.1, 0.15) is 17.3 Å². The fourth-order valence-electron chi connectivity index (χ4n) is 2.86. The summed E-state index contributed by atoms with van der Waals surface area (Å²) in [5.41, 5.74) is 3.97. The van der Waals surface area contributed by atoms with E-state index in [1.54, 1.807) is 6.20 Å². The number of nitrogens with zero attached hydrogens (tertiary/aromatic N) is 2. The van der Waals surface area contributed by atoms with Crippen molar-refractivity contribution in [3.63, 3.8) is 0 Å². The second-order valence-electron chi connectivity index (χ2n) is 6.65. The number of rotatable bonds is 7. The number of H-pyrrole nitrogens is 2. The van der Waals surface area contributed by atoms with E-state index in [4.69, 9.17) is 4.74 Å². The van der Waals surface area contributed by atoms with Crippen LogP contribution in [0.3, 0.4) is 0 Å². The lowest BCUT2D eigenvalue weighted by molar-refractivity contribution is 0.483. The number of aromatic amines is 2. The second kappa shape index (κ2) is 7.63. The van der Waals surface area contributed by atoms with Gasteiger partial charge in [0.05, 0.1) is 23.3 Å². The van der Waals surface area contributed by atoms with E-state index in [0.29, 0.717) is 6.04 Å². The normalized spacial score (nSPS) is 12.4. The van der Waals surface area contributed by atoms with Gasteiger partial charge in [0.2, 0.25) is 0 Å². The maximum atomic E-state index is 5.99. The summed E-state index contributed by atoms with van der Waals surface area (Å²) in [5.74, 6) is 2.49. The minimum absolute atomic E-state index is 0.474. The molecule has 0 aliphatic rings. The molecule has 2 heterocycles. The van der Waals surface area contributed by atoms with E-state index >= 15 is 0 Å². The number of hydrogen-bond acceptors (Lipinski definition) is 4. The van der Waals surface area contributed by atoms with Crippen LogP contribution >= 0.6 is 0 Å². The molecule has 0 amide bonds. The molecule has 4 aromatic rings. The highest BCUT2D eigenvalue weighted by Gasteiger charge is 2.07. The molecule has 138 valence electrons. The molecule has 2 aromatic heterocycles. The molecule has 27 heavy (non-hydrogen) atoms. The maximum Gasteiger partial charge on any atom is 0.129 e. The van der Waals surface area contributed by atoms with Crippen molar-refractivity contribution in [3.05, 3.63) is 60.6 Å². The van der Waals surface area contributed by atoms with Gasteiger partial charge in [-0.15, -0.1) is 0 Å². The molecule has 6 heteroatoms. The molecule has 1 atom stereocenters. The van der Waals surface area contributed by atoms with Crippen LogP contribution in [0.15, 0.2) is 54.7 Å². The van der Waals surface area contributed by atoms with Gasteiger partial charge in [-0.1, -0.05) is 6.92 Å². The number of fused-ring (bicyclic) bond motifs is 1. The van der Waals surface area contributed by atoms with Crippen LogP contribution in [0.5, 0.6) is 11.5 Å². The SMILES string of the molecule is CC[C@H](C)NCc1nc2cc(Oc3ccc(-c4ccn[nH]4)cc3)ccc2[nH]1. The predicted octanol–water partition coefficient (Wildman–Crippen LogP) is 4.63. The molecule has 0 fully saturated rings. The fraction of sp³-hybridized carbons (Fsp3) is 0.238. The molecule has 0 bridgehead atoms. The van der Waals surface area contributed by atoms with E-state index in [1.807, 2.05) is 48.5 Å². The van der Waals surface area contributed by atoms with Gasteiger partial charge in [0.25, 0.3) is 0 Å². The van der Waals surface area contributed by atoms with Crippen molar-refractivity contribution in [1.29, 1.82) is 0 Å². The van der Waals surface area contributed by atoms with Crippen molar-refractivity contribution in [2.75, 3.05) is 0 Å². The molecule has 0 saturated heterocycles. The van der Waals surface area contributed by atoms with E-state index in [-0.39, 0.29) is 0 Å². The monoisotopic (exact) mass is 361 g/mol. The molecule has 4 rings (SSSR count). The average molecular weight is 361 g/mol. The largest absolute Gasteiger partial charge is 0.457 e. The highest BCUT2D eigenvalue weighted by Crippen LogP contribution is 2.27. The Kier molecular flexibility index (Phi) is 4.89. The summed E-state index contributed by atoms with van der Waals surface area (Å²) in [7, 11) is 0. The highest BCUT2D eigenvalue weighted by atomic mass is 16.5. The Hall–Kier alpha value is -3.12. The van der Waals surface area contributed by atoms with E-state index in [9.17, 15) is 0 Å². The van der Waals surface area contributed by atoms with Crippen LogP contribution in [0, 0.1) is 0 Å². The van der Waals surface area contributed by atoms with Crippen LogP contribution in [0.25, 0.3) is 22.3 Å². The fourth-order valence-corrected chi connectivity index (χ4v) is 2.86. The van der Waals surface area contributed by atoms with Crippen molar-refractivity contribution in [2.24, 2.45) is 0 Å². The van der Waals surface area contributed by atoms with Crippen LogP contribution in [-0.4, -0.2) is 26.2 Å². The van der Waals surface area contributed by atoms with Gasteiger partial charge in [0, 0.05) is 18.3 Å². The highest BCUT2D eigenvalue weighted by molar-refractivity contribution is 5.77. The zero-order chi connectivity index (χ0) is 18.6. The standard InChI is InChI=1S/C21H23N5O/c1-3-14(2)22-13-21-24-19-9-8-17(12-20(19)25-21)27-16-6-4-15(5-7-16)18-10-11-23-26-18/h4-12,14,22H,3,13H2,1-2H3,(H,23,26)(H,24,25)/t14-/m0/s1. The van der Waals surface area contributed by atoms with Gasteiger partial charge in [0.15, 0.2) is 0 Å². The zero-order valence-corrected chi connectivity index (χ0v) is 15.5. The summed E-state index contributed by atoms with van der Waals surface area (Å²) >= 11 is 0. The molecule has 0 spiro atoms. The molecule has 6 nitrogen and oxygen atoms in total. The quantitative estimate of drug-likeness (QED) is 0.448. The molecule has 2 aromatic carbocycles. The predicted molar refractivity (Wildman–Crippen MR) is 107 cm³/mol. The summed E-state index contributed by atoms with van der Waals surface area (Å²) in [4.78, 5) is 8.01. The Balaban J connectivity index is 1.47. The summed E-state index contributed by atoms with van der Waals surface area (Å²) < 4.78 is 5.99. The Labute approximate surface area is 158 Å². The average Bonchev–Trinajstić information content (AvgIpc) is 3.36. The van der Waals surface area contributed by atoms with Crippen LogP contribution in [-0.2, 0) is 6.54 Å². The number of ether oxygens (including phenoxy) is 1. The number of benzene rings is 2. The van der Waals surface area contributed by atoms with Gasteiger partial charge in [-0.3, -0.25) is 5.10 Å². The van der Waals surface area contributed by atoms with Gasteiger partial charge in [-0.2, -0.15) is 5.10 Å². The van der Waals surface area contributed by atoms with Crippen LogP contribution < -0.4 is 10.1 Å². The number of aromatic nitrogens is 4. The lowest BCUT2D eigenvalue weighted by Crippen LogP contribution is -2.24. The summed E-state index contributed by atoms with van der Waals surface area (Å²) in [6.45, 7) is 5.07. The Morgan fingerprint density at radius 2 is 1.89 bits per heavy atom. The van der Waals surface area contributed by atoms with Gasteiger partial charge < -0.3 is 15.0 Å². The Morgan fingerprint density at radius 3 is 2.63 bits per heavy atom. The smallest absolute Gasteiger partial charge is 0.129 e. The van der Waals surface area contributed by atoms with Crippen LogP contribution in [0.2, 0.25) is 0 Å². The number of hydrogen-bond donors (Lipinski definition) is 3. The molecule has 3 N–H and O–H groups in total. The van der Waals surface area contributed by atoms with Crippen LogP contribution in [0.4, 0.5) is 0 Å². The van der Waals surface area contributed by atoms with Gasteiger partial charge in [-0.05, 0) is 61.4 Å². The molecular formula is C21H23N5O. The van der Waals surface area contributed by atoms with Crippen LogP contribution in [0.1, 0.15) is 26.1 Å². The maximum absolute atomic E-state index is 5.99. The summed E-state index contributed by atoms with van der Waals surface area (Å²) in [6.07, 6.45) is 2.84. The van der Waals surface area contributed by atoms with Crippen molar-refractivity contribution >= 4 is 11.0 Å². The van der Waals surface area contributed by atoms with E-state index < -0.39 is 0 Å². The summed E-state index contributed by atoms with van der Waals surface area (Å²) in [5, 5.41) is 10.4. The van der Waals surface area contributed by atoms with Gasteiger partial charge in [-0.25, -0.2) is 4.98 Å². The van der Waals surface area contributed by atoms with Crippen molar-refractivity contribution in [2.45, 2.75) is 32.9 Å². The molecule has 0 radical (unpaired) electrons. The number of nitrogens with one attached hydrogen (secondary N) is 3. The first-order valence-electron chi connectivity index (χ1n) is 9.21. The van der Waals surface area contributed by atoms with Crippen molar-refractivity contribution in [1.82, 2.24) is 25.5 Å². The third-order valence-corrected chi connectivity index (χ3v) is 4.64. The first kappa shape index (κ1) is 17.3. The third-order valence-electron chi connectivity index (χ3n) is 4.64. The van der Waals surface area contributed by atoms with E-state index in [2.05, 4.69) is 39.3 Å². The topological polar surface area (TPSA) is 78.6 Å². The minimum Gasteiger partial charge on any atom is -0.457 e. The Bertz CT molecular complexity index is 1000. The second-order valence-corrected chi connectivity index (χ2v) is 6.65. The third kappa shape index (κ3) is 4.01. The lowest BCUT2D eigenvalue weighted by atomic mass is 10.1. The molecule has 0 aliphatic heterocycles. The molecular weight excluding hydrogens is 338 g/mol. The van der Waals surface area contributed by atoms with Gasteiger partial charge >= 0.3 is 0 Å². The van der Waals surface area contributed by atoms with Crippen molar-refractivity contribution < 1.29 is 4.74 Å². The zero-order valence-electron chi connectivity index (χ0n) is 15.5. The van der Waals surface area contributed by atoms with E-state index in [1.165, 1.54) is 0 Å². The van der Waals surface area contributed by atoms with E-state index in [0.717, 1.165) is 52.6 Å². The Morgan fingerprint density at radius 1 is 1.07 bits per heavy atom. The first-order chi connectivity index (χ1) is 13.2.